The van der Waals surface area contributed by atoms with E-state index in [2.05, 4.69) is 0 Å². The standard InChI is InChI=1S/C9H10F3NO/c1-14-6-4-2-3-5(10)7(6)8(13)9(11)12/h2-4,8-9H,13H2,1H3. The maximum Gasteiger partial charge on any atom is 0.257 e. The Hall–Kier alpha value is -1.23. The number of benzene rings is 1. The smallest absolute Gasteiger partial charge is 0.257 e. The average molecular weight is 205 g/mol. The zero-order valence-electron chi connectivity index (χ0n) is 7.51. The van der Waals surface area contributed by atoms with Gasteiger partial charge in [0, 0.05) is 0 Å². The van der Waals surface area contributed by atoms with Gasteiger partial charge in [-0.05, 0) is 12.1 Å². The molecule has 0 aliphatic carbocycles. The molecule has 1 unspecified atom stereocenters. The third kappa shape index (κ3) is 1.98. The minimum Gasteiger partial charge on any atom is -0.496 e. The maximum atomic E-state index is 13.2. The molecule has 1 aromatic carbocycles. The molecule has 78 valence electrons. The summed E-state index contributed by atoms with van der Waals surface area (Å²) >= 11 is 0. The molecule has 0 aliphatic heterocycles. The quantitative estimate of drug-likeness (QED) is 0.820. The fourth-order valence-electron chi connectivity index (χ4n) is 1.14. The number of alkyl halides is 2. The van der Waals surface area contributed by atoms with Crippen LogP contribution in [0.1, 0.15) is 11.6 Å². The van der Waals surface area contributed by atoms with Gasteiger partial charge in [0.1, 0.15) is 11.6 Å². The van der Waals surface area contributed by atoms with Crippen LogP contribution < -0.4 is 10.5 Å². The fraction of sp³-hybridized carbons (Fsp3) is 0.333. The van der Waals surface area contributed by atoms with Crippen LogP contribution in [0.3, 0.4) is 0 Å². The van der Waals surface area contributed by atoms with E-state index in [1.165, 1.54) is 19.2 Å². The molecule has 1 rings (SSSR count). The van der Waals surface area contributed by atoms with Gasteiger partial charge in [-0.15, -0.1) is 0 Å². The van der Waals surface area contributed by atoms with Gasteiger partial charge in [0.2, 0.25) is 0 Å². The molecule has 14 heavy (non-hydrogen) atoms. The van der Waals surface area contributed by atoms with Gasteiger partial charge >= 0.3 is 0 Å². The summed E-state index contributed by atoms with van der Waals surface area (Å²) < 4.78 is 42.4. The van der Waals surface area contributed by atoms with Crippen LogP contribution in [0.5, 0.6) is 5.75 Å². The van der Waals surface area contributed by atoms with Crippen molar-refractivity contribution in [2.75, 3.05) is 7.11 Å². The number of halogens is 3. The van der Waals surface area contributed by atoms with Crippen LogP contribution in [0, 0.1) is 5.82 Å². The van der Waals surface area contributed by atoms with Crippen LogP contribution in [0.25, 0.3) is 0 Å². The summed E-state index contributed by atoms with van der Waals surface area (Å²) in [5, 5.41) is 0. The number of hydrogen-bond donors (Lipinski definition) is 1. The van der Waals surface area contributed by atoms with E-state index in [0.717, 1.165) is 6.07 Å². The number of nitrogens with two attached hydrogens (primary N) is 1. The minimum absolute atomic E-state index is 0.0396. The van der Waals surface area contributed by atoms with Crippen molar-refractivity contribution in [2.45, 2.75) is 12.5 Å². The molecule has 0 radical (unpaired) electrons. The Bertz CT molecular complexity index is 317. The van der Waals surface area contributed by atoms with E-state index in [-0.39, 0.29) is 11.3 Å². The summed E-state index contributed by atoms with van der Waals surface area (Å²) in [6.45, 7) is 0. The molecule has 2 N–H and O–H groups in total. The Labute approximate surface area is 79.5 Å². The highest BCUT2D eigenvalue weighted by atomic mass is 19.3. The second-order valence-electron chi connectivity index (χ2n) is 2.72. The summed E-state index contributed by atoms with van der Waals surface area (Å²) in [6, 6.07) is 2.17. The van der Waals surface area contributed by atoms with E-state index in [4.69, 9.17) is 10.5 Å². The van der Waals surface area contributed by atoms with Gasteiger partial charge in [0.05, 0.1) is 18.7 Å². The number of rotatable bonds is 3. The largest absolute Gasteiger partial charge is 0.496 e. The van der Waals surface area contributed by atoms with Gasteiger partial charge in [-0.1, -0.05) is 6.07 Å². The Kier molecular flexibility index (Phi) is 3.35. The molecule has 0 saturated heterocycles. The highest BCUT2D eigenvalue weighted by Crippen LogP contribution is 2.29. The molecular formula is C9H10F3NO. The molecule has 5 heteroatoms. The van der Waals surface area contributed by atoms with Crippen molar-refractivity contribution in [3.8, 4) is 5.75 Å². The zero-order valence-corrected chi connectivity index (χ0v) is 7.51. The first-order valence-electron chi connectivity index (χ1n) is 3.94. The minimum atomic E-state index is -2.82. The highest BCUT2D eigenvalue weighted by molar-refractivity contribution is 5.37. The molecule has 0 bridgehead atoms. The molecular weight excluding hydrogens is 195 g/mol. The van der Waals surface area contributed by atoms with Gasteiger partial charge < -0.3 is 10.5 Å². The van der Waals surface area contributed by atoms with Crippen molar-refractivity contribution in [1.29, 1.82) is 0 Å². The zero-order chi connectivity index (χ0) is 10.7. The highest BCUT2D eigenvalue weighted by Gasteiger charge is 2.24. The molecule has 1 aromatic rings. The monoisotopic (exact) mass is 205 g/mol. The summed E-state index contributed by atoms with van der Waals surface area (Å²) in [5.41, 5.74) is 4.86. The molecule has 0 amide bonds. The molecule has 1 atom stereocenters. The van der Waals surface area contributed by atoms with Gasteiger partial charge in [-0.2, -0.15) is 0 Å². The van der Waals surface area contributed by atoms with Crippen LogP contribution in [0.15, 0.2) is 18.2 Å². The summed E-state index contributed by atoms with van der Waals surface area (Å²) in [4.78, 5) is 0. The van der Waals surface area contributed by atoms with Crippen molar-refractivity contribution >= 4 is 0 Å². The van der Waals surface area contributed by atoms with Gasteiger partial charge in [-0.3, -0.25) is 0 Å². The van der Waals surface area contributed by atoms with E-state index in [0.29, 0.717) is 0 Å². The first-order chi connectivity index (χ1) is 6.57. The molecule has 0 spiro atoms. The molecule has 0 fully saturated rings. The number of ether oxygens (including phenoxy) is 1. The predicted molar refractivity (Wildman–Crippen MR) is 45.9 cm³/mol. The lowest BCUT2D eigenvalue weighted by atomic mass is 10.1. The van der Waals surface area contributed by atoms with E-state index < -0.39 is 18.3 Å². The van der Waals surface area contributed by atoms with Crippen LogP contribution in [-0.2, 0) is 0 Å². The normalized spacial score (nSPS) is 13.0. The second-order valence-corrected chi connectivity index (χ2v) is 2.72. The summed E-state index contributed by atoms with van der Waals surface area (Å²) in [6.07, 6.45) is -2.82. The van der Waals surface area contributed by atoms with E-state index >= 15 is 0 Å². The third-order valence-corrected chi connectivity index (χ3v) is 1.84. The Morgan fingerprint density at radius 2 is 2.00 bits per heavy atom. The molecule has 2 nitrogen and oxygen atoms in total. The Balaban J connectivity index is 3.16. The summed E-state index contributed by atoms with van der Waals surface area (Å²) in [7, 11) is 1.27. The topological polar surface area (TPSA) is 35.2 Å². The Morgan fingerprint density at radius 3 is 2.50 bits per heavy atom. The lowest BCUT2D eigenvalue weighted by molar-refractivity contribution is 0.113. The van der Waals surface area contributed by atoms with Crippen LogP contribution in [-0.4, -0.2) is 13.5 Å². The molecule has 0 saturated carbocycles. The molecule has 0 aliphatic rings. The first kappa shape index (κ1) is 10.8. The van der Waals surface area contributed by atoms with Crippen molar-refractivity contribution in [1.82, 2.24) is 0 Å². The van der Waals surface area contributed by atoms with Gasteiger partial charge in [0.25, 0.3) is 6.43 Å². The van der Waals surface area contributed by atoms with Crippen molar-refractivity contribution in [2.24, 2.45) is 5.73 Å². The van der Waals surface area contributed by atoms with Crippen molar-refractivity contribution in [3.05, 3.63) is 29.6 Å². The lowest BCUT2D eigenvalue weighted by Crippen LogP contribution is -2.21. The van der Waals surface area contributed by atoms with Crippen molar-refractivity contribution in [3.63, 3.8) is 0 Å². The molecule has 0 heterocycles. The lowest BCUT2D eigenvalue weighted by Gasteiger charge is -2.15. The van der Waals surface area contributed by atoms with Crippen molar-refractivity contribution < 1.29 is 17.9 Å². The molecule has 0 aromatic heterocycles. The van der Waals surface area contributed by atoms with Gasteiger partial charge in [-0.25, -0.2) is 13.2 Å². The van der Waals surface area contributed by atoms with Gasteiger partial charge in [0.15, 0.2) is 0 Å². The SMILES string of the molecule is COc1cccc(F)c1C(N)C(F)F. The Morgan fingerprint density at radius 1 is 1.36 bits per heavy atom. The van der Waals surface area contributed by atoms with E-state index in [1.807, 2.05) is 0 Å². The predicted octanol–water partition coefficient (Wildman–Crippen LogP) is 2.10. The maximum absolute atomic E-state index is 13.2. The van der Waals surface area contributed by atoms with Crippen LogP contribution in [0.4, 0.5) is 13.2 Å². The summed E-state index contributed by atoms with van der Waals surface area (Å²) in [5.74, 6) is -0.741. The second kappa shape index (κ2) is 4.32. The average Bonchev–Trinajstić information content (AvgIpc) is 2.16. The number of methoxy groups -OCH3 is 1. The van der Waals surface area contributed by atoms with Crippen LogP contribution in [0.2, 0.25) is 0 Å². The first-order valence-corrected chi connectivity index (χ1v) is 3.94. The van der Waals surface area contributed by atoms with E-state index in [1.54, 1.807) is 0 Å². The van der Waals surface area contributed by atoms with E-state index in [9.17, 15) is 13.2 Å². The number of hydrogen-bond acceptors (Lipinski definition) is 2. The third-order valence-electron chi connectivity index (χ3n) is 1.84. The van der Waals surface area contributed by atoms with Crippen LogP contribution >= 0.6 is 0 Å². The fourth-order valence-corrected chi connectivity index (χ4v) is 1.14.